The average Bonchev–Trinajstić information content (AvgIpc) is 2.75. The van der Waals surface area contributed by atoms with Crippen LogP contribution in [-0.4, -0.2) is 54.2 Å². The van der Waals surface area contributed by atoms with E-state index >= 15 is 0 Å². The molecule has 9 heteroatoms. The second-order valence-electron chi connectivity index (χ2n) is 7.17. The Kier molecular flexibility index (Phi) is 8.00. The van der Waals surface area contributed by atoms with Crippen LogP contribution < -0.4 is 15.4 Å². The van der Waals surface area contributed by atoms with Gasteiger partial charge in [0, 0.05) is 18.7 Å². The second-order valence-corrected chi connectivity index (χ2v) is 8.43. The molecular formula is C22H24BrN3O4S. The molecule has 0 atom stereocenters. The third kappa shape index (κ3) is 6.25. The van der Waals surface area contributed by atoms with Crippen LogP contribution in [0.5, 0.6) is 5.75 Å². The molecule has 31 heavy (non-hydrogen) atoms. The van der Waals surface area contributed by atoms with Gasteiger partial charge in [0.05, 0.1) is 35.0 Å². The van der Waals surface area contributed by atoms with Crippen molar-refractivity contribution >= 4 is 50.8 Å². The number of amides is 2. The maximum atomic E-state index is 12.9. The van der Waals surface area contributed by atoms with Crippen molar-refractivity contribution in [1.29, 1.82) is 0 Å². The van der Waals surface area contributed by atoms with Gasteiger partial charge in [0.1, 0.15) is 5.75 Å². The lowest BCUT2D eigenvalue weighted by molar-refractivity contribution is 0.0303. The molecule has 2 aromatic carbocycles. The highest BCUT2D eigenvalue weighted by atomic mass is 79.9. The monoisotopic (exact) mass is 505 g/mol. The van der Waals surface area contributed by atoms with E-state index in [2.05, 4.69) is 26.6 Å². The Balaban J connectivity index is 1.66. The topological polar surface area (TPSA) is 79.9 Å². The SMILES string of the molecule is CC(C)Oc1ccc(C(=O)NC(=S)Nc2ccccc2C(=O)N2CCOCC2)cc1Br. The molecule has 164 valence electrons. The Bertz CT molecular complexity index is 977. The first kappa shape index (κ1) is 23.2. The summed E-state index contributed by atoms with van der Waals surface area (Å²) in [6.45, 7) is 5.98. The number of rotatable bonds is 5. The second kappa shape index (κ2) is 10.7. The molecule has 0 spiro atoms. The number of morpholine rings is 1. The number of hydrogen-bond acceptors (Lipinski definition) is 5. The van der Waals surface area contributed by atoms with E-state index in [4.69, 9.17) is 21.7 Å². The van der Waals surface area contributed by atoms with E-state index in [0.29, 0.717) is 53.3 Å². The molecule has 0 aliphatic carbocycles. The fourth-order valence-electron chi connectivity index (χ4n) is 3.04. The van der Waals surface area contributed by atoms with Crippen LogP contribution >= 0.6 is 28.1 Å². The predicted octanol–water partition coefficient (Wildman–Crippen LogP) is 3.84. The molecule has 3 rings (SSSR count). The molecule has 0 saturated carbocycles. The Morgan fingerprint density at radius 1 is 1.16 bits per heavy atom. The van der Waals surface area contributed by atoms with Crippen LogP contribution in [0.2, 0.25) is 0 Å². The summed E-state index contributed by atoms with van der Waals surface area (Å²) in [5.41, 5.74) is 1.44. The van der Waals surface area contributed by atoms with Crippen molar-refractivity contribution in [3.8, 4) is 5.75 Å². The molecule has 7 nitrogen and oxygen atoms in total. The van der Waals surface area contributed by atoms with Crippen LogP contribution in [0.3, 0.4) is 0 Å². The Morgan fingerprint density at radius 2 is 1.87 bits per heavy atom. The average molecular weight is 506 g/mol. The first-order valence-electron chi connectivity index (χ1n) is 9.89. The number of carbonyl (C=O) groups is 2. The summed E-state index contributed by atoms with van der Waals surface area (Å²) in [4.78, 5) is 27.2. The summed E-state index contributed by atoms with van der Waals surface area (Å²) in [6.07, 6.45) is 0.0213. The first-order valence-corrected chi connectivity index (χ1v) is 11.1. The van der Waals surface area contributed by atoms with Gasteiger partial charge >= 0.3 is 0 Å². The van der Waals surface area contributed by atoms with E-state index in [1.54, 1.807) is 47.4 Å². The van der Waals surface area contributed by atoms with Crippen molar-refractivity contribution in [2.75, 3.05) is 31.6 Å². The number of halogens is 1. The maximum absolute atomic E-state index is 12.9. The number of para-hydroxylation sites is 1. The minimum absolute atomic E-state index is 0.0213. The number of nitrogens with one attached hydrogen (secondary N) is 2. The van der Waals surface area contributed by atoms with Crippen LogP contribution in [0.1, 0.15) is 34.6 Å². The number of nitrogens with zero attached hydrogens (tertiary/aromatic N) is 1. The highest BCUT2D eigenvalue weighted by molar-refractivity contribution is 9.10. The number of benzene rings is 2. The molecule has 0 radical (unpaired) electrons. The van der Waals surface area contributed by atoms with Gasteiger partial charge in [0.25, 0.3) is 11.8 Å². The zero-order valence-electron chi connectivity index (χ0n) is 17.3. The molecule has 0 bridgehead atoms. The van der Waals surface area contributed by atoms with Gasteiger partial charge in [-0.05, 0) is 72.3 Å². The van der Waals surface area contributed by atoms with Crippen molar-refractivity contribution in [2.45, 2.75) is 20.0 Å². The van der Waals surface area contributed by atoms with Crippen LogP contribution in [0.15, 0.2) is 46.9 Å². The molecule has 0 aromatic heterocycles. The number of hydrogen-bond donors (Lipinski definition) is 2. The first-order chi connectivity index (χ1) is 14.8. The summed E-state index contributed by atoms with van der Waals surface area (Å²) < 4.78 is 11.7. The van der Waals surface area contributed by atoms with Crippen LogP contribution in [0, 0.1) is 0 Å². The number of anilines is 1. The molecule has 1 heterocycles. The number of thiocarbonyl (C=S) groups is 1. The van der Waals surface area contributed by atoms with Gasteiger partial charge in [-0.15, -0.1) is 0 Å². The van der Waals surface area contributed by atoms with Gasteiger partial charge < -0.3 is 19.7 Å². The summed E-state index contributed by atoms with van der Waals surface area (Å²) in [7, 11) is 0. The molecule has 2 aromatic rings. The largest absolute Gasteiger partial charge is 0.490 e. The molecule has 1 aliphatic rings. The highest BCUT2D eigenvalue weighted by Gasteiger charge is 2.21. The van der Waals surface area contributed by atoms with Gasteiger partial charge in [0.15, 0.2) is 5.11 Å². The molecular weight excluding hydrogens is 482 g/mol. The van der Waals surface area contributed by atoms with E-state index in [0.717, 1.165) is 0 Å². The zero-order chi connectivity index (χ0) is 22.4. The standard InChI is InChI=1S/C22H24BrN3O4S/c1-14(2)30-19-8-7-15(13-17(19)23)20(27)25-22(31)24-18-6-4-3-5-16(18)21(28)26-9-11-29-12-10-26/h3-8,13-14H,9-12H2,1-2H3,(H2,24,25,27,31). The summed E-state index contributed by atoms with van der Waals surface area (Å²) in [6, 6.07) is 12.1. The molecule has 1 aliphatic heterocycles. The highest BCUT2D eigenvalue weighted by Crippen LogP contribution is 2.27. The third-order valence-corrected chi connectivity index (χ3v) is 5.31. The van der Waals surface area contributed by atoms with E-state index in [1.807, 2.05) is 13.8 Å². The molecule has 1 saturated heterocycles. The van der Waals surface area contributed by atoms with Gasteiger partial charge in [0.2, 0.25) is 0 Å². The van der Waals surface area contributed by atoms with Crippen molar-refractivity contribution in [3.05, 3.63) is 58.1 Å². The molecule has 0 unspecified atom stereocenters. The van der Waals surface area contributed by atoms with Crippen molar-refractivity contribution < 1.29 is 19.1 Å². The maximum Gasteiger partial charge on any atom is 0.257 e. The smallest absolute Gasteiger partial charge is 0.257 e. The van der Waals surface area contributed by atoms with E-state index < -0.39 is 0 Å². The lowest BCUT2D eigenvalue weighted by atomic mass is 10.1. The van der Waals surface area contributed by atoms with Gasteiger partial charge in [-0.25, -0.2) is 0 Å². The van der Waals surface area contributed by atoms with E-state index in [-0.39, 0.29) is 23.0 Å². The Morgan fingerprint density at radius 3 is 2.55 bits per heavy atom. The van der Waals surface area contributed by atoms with E-state index in [9.17, 15) is 9.59 Å². The molecule has 2 amide bonds. The minimum atomic E-state index is -0.369. The lowest BCUT2D eigenvalue weighted by Gasteiger charge is -2.27. The number of ether oxygens (including phenoxy) is 2. The lowest BCUT2D eigenvalue weighted by Crippen LogP contribution is -2.41. The Labute approximate surface area is 195 Å². The van der Waals surface area contributed by atoms with Gasteiger partial charge in [-0.2, -0.15) is 0 Å². The summed E-state index contributed by atoms with van der Waals surface area (Å²) >= 11 is 8.73. The van der Waals surface area contributed by atoms with Crippen LogP contribution in [0.25, 0.3) is 0 Å². The molecule has 1 fully saturated rings. The zero-order valence-corrected chi connectivity index (χ0v) is 19.7. The normalized spacial score (nSPS) is 13.6. The van der Waals surface area contributed by atoms with Gasteiger partial charge in [-0.1, -0.05) is 12.1 Å². The minimum Gasteiger partial charge on any atom is -0.490 e. The van der Waals surface area contributed by atoms with Crippen molar-refractivity contribution in [1.82, 2.24) is 10.2 Å². The van der Waals surface area contributed by atoms with Gasteiger partial charge in [-0.3, -0.25) is 14.9 Å². The third-order valence-electron chi connectivity index (χ3n) is 4.49. The fraction of sp³-hybridized carbons (Fsp3) is 0.318. The summed E-state index contributed by atoms with van der Waals surface area (Å²) in [5.74, 6) is 0.180. The quantitative estimate of drug-likeness (QED) is 0.601. The van der Waals surface area contributed by atoms with Crippen LogP contribution in [-0.2, 0) is 4.74 Å². The van der Waals surface area contributed by atoms with E-state index in [1.165, 1.54) is 0 Å². The van der Waals surface area contributed by atoms with Crippen molar-refractivity contribution in [3.63, 3.8) is 0 Å². The van der Waals surface area contributed by atoms with Crippen LogP contribution in [0.4, 0.5) is 5.69 Å². The number of carbonyl (C=O) groups excluding carboxylic acids is 2. The predicted molar refractivity (Wildman–Crippen MR) is 127 cm³/mol. The van der Waals surface area contributed by atoms with Crippen molar-refractivity contribution in [2.24, 2.45) is 0 Å². The Hall–Kier alpha value is -2.49. The fourth-order valence-corrected chi connectivity index (χ4v) is 3.71. The molecule has 2 N–H and O–H groups in total. The summed E-state index contributed by atoms with van der Waals surface area (Å²) in [5, 5.41) is 5.72.